The second kappa shape index (κ2) is 5.44. The first kappa shape index (κ1) is 14.2. The molecule has 0 aliphatic heterocycles. The minimum Gasteiger partial charge on any atom is -0.455 e. The molecule has 0 atom stereocenters. The summed E-state index contributed by atoms with van der Waals surface area (Å²) in [5.74, 6) is 1.43. The standard InChI is InChI=1S/C16H16Cl2O/c1-16(2,3)12-6-4-5-7-14(12)19-15-9-8-11(17)10-13(15)18/h4-10H,1-3H3. The van der Waals surface area contributed by atoms with Crippen molar-refractivity contribution in [1.29, 1.82) is 0 Å². The molecule has 0 aliphatic carbocycles. The predicted molar refractivity (Wildman–Crippen MR) is 81.7 cm³/mol. The average Bonchev–Trinajstić information content (AvgIpc) is 2.32. The molecule has 0 aliphatic rings. The van der Waals surface area contributed by atoms with Gasteiger partial charge in [-0.1, -0.05) is 62.2 Å². The van der Waals surface area contributed by atoms with Crippen LogP contribution in [0.2, 0.25) is 10.0 Å². The van der Waals surface area contributed by atoms with Gasteiger partial charge in [0.1, 0.15) is 11.5 Å². The second-order valence-corrected chi connectivity index (χ2v) is 6.27. The Labute approximate surface area is 124 Å². The van der Waals surface area contributed by atoms with E-state index in [0.29, 0.717) is 15.8 Å². The van der Waals surface area contributed by atoms with Crippen molar-refractivity contribution in [2.24, 2.45) is 0 Å². The molecule has 0 fully saturated rings. The van der Waals surface area contributed by atoms with Crippen molar-refractivity contribution < 1.29 is 4.74 Å². The van der Waals surface area contributed by atoms with Crippen LogP contribution in [-0.2, 0) is 5.41 Å². The lowest BCUT2D eigenvalue weighted by Crippen LogP contribution is -2.12. The molecular formula is C16H16Cl2O. The molecule has 2 rings (SSSR count). The van der Waals surface area contributed by atoms with Gasteiger partial charge in [-0.15, -0.1) is 0 Å². The highest BCUT2D eigenvalue weighted by Gasteiger charge is 2.19. The van der Waals surface area contributed by atoms with Crippen LogP contribution in [0.4, 0.5) is 0 Å². The largest absolute Gasteiger partial charge is 0.455 e. The first-order valence-electron chi connectivity index (χ1n) is 6.10. The number of hydrogen-bond donors (Lipinski definition) is 0. The fourth-order valence-corrected chi connectivity index (χ4v) is 2.30. The monoisotopic (exact) mass is 294 g/mol. The summed E-state index contributed by atoms with van der Waals surface area (Å²) < 4.78 is 5.93. The molecule has 2 aromatic rings. The van der Waals surface area contributed by atoms with Gasteiger partial charge in [0.05, 0.1) is 5.02 Å². The van der Waals surface area contributed by atoms with Gasteiger partial charge in [0, 0.05) is 10.6 Å². The van der Waals surface area contributed by atoms with Crippen molar-refractivity contribution in [3.63, 3.8) is 0 Å². The fourth-order valence-electron chi connectivity index (χ4n) is 1.85. The Morgan fingerprint density at radius 3 is 2.21 bits per heavy atom. The van der Waals surface area contributed by atoms with Crippen molar-refractivity contribution in [3.05, 3.63) is 58.1 Å². The molecule has 3 heteroatoms. The molecule has 0 heterocycles. The molecule has 2 aromatic carbocycles. The van der Waals surface area contributed by atoms with Crippen molar-refractivity contribution in [1.82, 2.24) is 0 Å². The normalized spacial score (nSPS) is 11.4. The van der Waals surface area contributed by atoms with Crippen LogP contribution in [0.15, 0.2) is 42.5 Å². The lowest BCUT2D eigenvalue weighted by Gasteiger charge is -2.22. The highest BCUT2D eigenvalue weighted by molar-refractivity contribution is 6.35. The molecular weight excluding hydrogens is 279 g/mol. The second-order valence-electron chi connectivity index (χ2n) is 5.42. The molecule has 0 aromatic heterocycles. The smallest absolute Gasteiger partial charge is 0.146 e. The van der Waals surface area contributed by atoms with Gasteiger partial charge < -0.3 is 4.74 Å². The van der Waals surface area contributed by atoms with Gasteiger partial charge in [0.15, 0.2) is 0 Å². The van der Waals surface area contributed by atoms with Crippen molar-refractivity contribution in [3.8, 4) is 11.5 Å². The van der Waals surface area contributed by atoms with E-state index in [4.69, 9.17) is 27.9 Å². The molecule has 0 amide bonds. The van der Waals surface area contributed by atoms with Crippen LogP contribution >= 0.6 is 23.2 Å². The molecule has 19 heavy (non-hydrogen) atoms. The lowest BCUT2D eigenvalue weighted by molar-refractivity contribution is 0.455. The summed E-state index contributed by atoms with van der Waals surface area (Å²) in [5, 5.41) is 1.11. The Morgan fingerprint density at radius 2 is 1.58 bits per heavy atom. The molecule has 0 spiro atoms. The SMILES string of the molecule is CC(C)(C)c1ccccc1Oc1ccc(Cl)cc1Cl. The van der Waals surface area contributed by atoms with E-state index < -0.39 is 0 Å². The number of hydrogen-bond acceptors (Lipinski definition) is 1. The first-order valence-corrected chi connectivity index (χ1v) is 6.86. The maximum Gasteiger partial charge on any atom is 0.146 e. The number of halogens is 2. The molecule has 0 bridgehead atoms. The van der Waals surface area contributed by atoms with Crippen LogP contribution in [0, 0.1) is 0 Å². The molecule has 0 saturated carbocycles. The molecule has 0 saturated heterocycles. The minimum atomic E-state index is 0.00942. The van der Waals surface area contributed by atoms with Crippen LogP contribution in [0.1, 0.15) is 26.3 Å². The summed E-state index contributed by atoms with van der Waals surface area (Å²) in [6.45, 7) is 6.45. The summed E-state index contributed by atoms with van der Waals surface area (Å²) in [6.07, 6.45) is 0. The molecule has 0 radical (unpaired) electrons. The van der Waals surface area contributed by atoms with Crippen LogP contribution in [0.25, 0.3) is 0 Å². The lowest BCUT2D eigenvalue weighted by atomic mass is 9.86. The number of rotatable bonds is 2. The molecule has 1 nitrogen and oxygen atoms in total. The van der Waals surface area contributed by atoms with Gasteiger partial charge in [0.2, 0.25) is 0 Å². The summed E-state index contributed by atoms with van der Waals surface area (Å²) in [5.41, 5.74) is 1.15. The van der Waals surface area contributed by atoms with Gasteiger partial charge in [-0.3, -0.25) is 0 Å². The van der Waals surface area contributed by atoms with E-state index in [2.05, 4.69) is 26.8 Å². The van der Waals surface area contributed by atoms with Crippen LogP contribution in [0.3, 0.4) is 0 Å². The summed E-state index contributed by atoms with van der Waals surface area (Å²) >= 11 is 12.0. The van der Waals surface area contributed by atoms with Gasteiger partial charge in [-0.2, -0.15) is 0 Å². The van der Waals surface area contributed by atoms with E-state index in [1.165, 1.54) is 0 Å². The average molecular weight is 295 g/mol. The van der Waals surface area contributed by atoms with Gasteiger partial charge >= 0.3 is 0 Å². The molecule has 0 unspecified atom stereocenters. The minimum absolute atomic E-state index is 0.00942. The number of ether oxygens (including phenoxy) is 1. The summed E-state index contributed by atoms with van der Waals surface area (Å²) in [7, 11) is 0. The third kappa shape index (κ3) is 3.43. The summed E-state index contributed by atoms with van der Waals surface area (Å²) in [4.78, 5) is 0. The van der Waals surface area contributed by atoms with Gasteiger partial charge in [0.25, 0.3) is 0 Å². The fraction of sp³-hybridized carbons (Fsp3) is 0.250. The van der Waals surface area contributed by atoms with E-state index in [1.807, 2.05) is 18.2 Å². The highest BCUT2D eigenvalue weighted by atomic mass is 35.5. The van der Waals surface area contributed by atoms with Crippen molar-refractivity contribution in [2.75, 3.05) is 0 Å². The summed E-state index contributed by atoms with van der Waals surface area (Å²) in [6, 6.07) is 13.2. The maximum atomic E-state index is 6.14. The number of benzene rings is 2. The van der Waals surface area contributed by atoms with E-state index in [0.717, 1.165) is 11.3 Å². The van der Waals surface area contributed by atoms with Crippen LogP contribution in [-0.4, -0.2) is 0 Å². The predicted octanol–water partition coefficient (Wildman–Crippen LogP) is 6.08. The van der Waals surface area contributed by atoms with E-state index in [1.54, 1.807) is 18.2 Å². The Bertz CT molecular complexity index is 586. The van der Waals surface area contributed by atoms with Crippen LogP contribution < -0.4 is 4.74 Å². The molecule has 100 valence electrons. The highest BCUT2D eigenvalue weighted by Crippen LogP contribution is 2.37. The van der Waals surface area contributed by atoms with Gasteiger partial charge in [-0.05, 0) is 29.7 Å². The zero-order chi connectivity index (χ0) is 14.0. The van der Waals surface area contributed by atoms with E-state index in [-0.39, 0.29) is 5.41 Å². The van der Waals surface area contributed by atoms with Crippen molar-refractivity contribution in [2.45, 2.75) is 26.2 Å². The Kier molecular flexibility index (Phi) is 4.07. The first-order chi connectivity index (χ1) is 8.88. The number of para-hydroxylation sites is 1. The third-order valence-electron chi connectivity index (χ3n) is 2.81. The molecule has 0 N–H and O–H groups in total. The zero-order valence-corrected chi connectivity index (χ0v) is 12.7. The Balaban J connectivity index is 2.39. The Morgan fingerprint density at radius 1 is 0.895 bits per heavy atom. The van der Waals surface area contributed by atoms with Crippen LogP contribution in [0.5, 0.6) is 11.5 Å². The van der Waals surface area contributed by atoms with E-state index in [9.17, 15) is 0 Å². The van der Waals surface area contributed by atoms with Gasteiger partial charge in [-0.25, -0.2) is 0 Å². The Hall–Kier alpha value is -1.18. The zero-order valence-electron chi connectivity index (χ0n) is 11.2. The van der Waals surface area contributed by atoms with Crippen molar-refractivity contribution >= 4 is 23.2 Å². The maximum absolute atomic E-state index is 6.14. The quantitative estimate of drug-likeness (QED) is 0.652. The van der Waals surface area contributed by atoms with E-state index >= 15 is 0 Å². The third-order valence-corrected chi connectivity index (χ3v) is 3.34. The topological polar surface area (TPSA) is 9.23 Å².